The lowest BCUT2D eigenvalue weighted by Gasteiger charge is -2.32. The first-order valence-electron chi connectivity index (χ1n) is 12.7. The van der Waals surface area contributed by atoms with Crippen LogP contribution in [-0.4, -0.2) is 51.6 Å². The van der Waals surface area contributed by atoms with E-state index < -0.39 is 5.92 Å². The maximum atomic E-state index is 13.1. The van der Waals surface area contributed by atoms with Crippen LogP contribution in [0.15, 0.2) is 57.9 Å². The highest BCUT2D eigenvalue weighted by molar-refractivity contribution is 6.03. The van der Waals surface area contributed by atoms with Crippen LogP contribution in [0.25, 0.3) is 21.9 Å². The zero-order valence-corrected chi connectivity index (χ0v) is 20.8. The molecule has 1 atom stereocenters. The number of likely N-dealkylation sites (tertiary alicyclic amines) is 1. The molecule has 1 unspecified atom stereocenters. The summed E-state index contributed by atoms with van der Waals surface area (Å²) in [5.74, 6) is -0.776. The molecule has 4 heterocycles. The van der Waals surface area contributed by atoms with Gasteiger partial charge in [0.15, 0.2) is 0 Å². The van der Waals surface area contributed by atoms with Gasteiger partial charge in [0.05, 0.1) is 17.0 Å². The van der Waals surface area contributed by atoms with E-state index in [2.05, 4.69) is 10.4 Å². The van der Waals surface area contributed by atoms with Gasteiger partial charge in [-0.05, 0) is 24.6 Å². The quantitative estimate of drug-likeness (QED) is 0.415. The Kier molecular flexibility index (Phi) is 5.94. The summed E-state index contributed by atoms with van der Waals surface area (Å²) in [5, 5.41) is 8.22. The Morgan fingerprint density at radius 3 is 2.58 bits per heavy atom. The summed E-state index contributed by atoms with van der Waals surface area (Å²) in [4.78, 5) is 51.7. The number of aryl methyl sites for hydroxylation is 1. The highest BCUT2D eigenvalue weighted by Crippen LogP contribution is 2.35. The Morgan fingerprint density at radius 1 is 1.03 bits per heavy atom. The summed E-state index contributed by atoms with van der Waals surface area (Å²) in [5.41, 5.74) is 1.56. The summed E-state index contributed by atoms with van der Waals surface area (Å²) in [6.07, 6.45) is 3.01. The van der Waals surface area contributed by atoms with Crippen molar-refractivity contribution in [2.24, 2.45) is 7.05 Å². The highest BCUT2D eigenvalue weighted by atomic mass is 16.5. The average Bonchev–Trinajstić information content (AvgIpc) is 3.26. The van der Waals surface area contributed by atoms with Crippen molar-refractivity contribution < 1.29 is 23.5 Å². The van der Waals surface area contributed by atoms with Gasteiger partial charge in [0.25, 0.3) is 5.91 Å². The third-order valence-corrected chi connectivity index (χ3v) is 7.36. The van der Waals surface area contributed by atoms with Gasteiger partial charge < -0.3 is 14.1 Å². The van der Waals surface area contributed by atoms with E-state index in [0.717, 1.165) is 10.9 Å². The number of piperidine rings is 2. The number of nitrogens with zero attached hydrogens (tertiary/aromatic N) is 3. The number of fused-ring (bicyclic) bond motifs is 2. The molecular weight excluding hydrogens is 488 g/mol. The topological polar surface area (TPSA) is 124 Å². The van der Waals surface area contributed by atoms with Gasteiger partial charge >= 0.3 is 0 Å². The molecule has 0 aliphatic carbocycles. The lowest BCUT2D eigenvalue weighted by atomic mass is 9.93. The minimum absolute atomic E-state index is 0.0312. The fraction of sp³-hybridized carbons (Fsp3) is 0.321. The first-order valence-corrected chi connectivity index (χ1v) is 12.7. The molecule has 0 spiro atoms. The molecule has 2 saturated heterocycles. The third kappa shape index (κ3) is 4.11. The summed E-state index contributed by atoms with van der Waals surface area (Å²) in [7, 11) is 1.81. The molecule has 0 saturated carbocycles. The monoisotopic (exact) mass is 514 g/mol. The zero-order valence-electron chi connectivity index (χ0n) is 20.8. The van der Waals surface area contributed by atoms with Crippen LogP contribution in [-0.2, 0) is 16.6 Å². The Labute approximate surface area is 217 Å². The Morgan fingerprint density at radius 2 is 1.79 bits per heavy atom. The van der Waals surface area contributed by atoms with Gasteiger partial charge in [-0.15, -0.1) is 0 Å². The van der Waals surface area contributed by atoms with Crippen molar-refractivity contribution in [1.29, 1.82) is 0 Å². The molecule has 0 radical (unpaired) electrons. The maximum Gasteiger partial charge on any atom is 0.261 e. The summed E-state index contributed by atoms with van der Waals surface area (Å²) in [6, 6.07) is 12.5. The molecule has 2 aromatic heterocycles. The summed E-state index contributed by atoms with van der Waals surface area (Å²) in [6.45, 7) is 0.886. The molecule has 3 amide bonds. The maximum absolute atomic E-state index is 13.1. The van der Waals surface area contributed by atoms with E-state index in [0.29, 0.717) is 54.8 Å². The van der Waals surface area contributed by atoms with Gasteiger partial charge in [-0.25, -0.2) is 0 Å². The van der Waals surface area contributed by atoms with E-state index >= 15 is 0 Å². The van der Waals surface area contributed by atoms with Gasteiger partial charge in [0, 0.05) is 44.8 Å². The van der Waals surface area contributed by atoms with Crippen LogP contribution >= 0.6 is 0 Å². The molecule has 2 fully saturated rings. The SMILES string of the molecule is Cn1nc(C2CCC(=O)NC2=O)c2cccc(OC3CCN(C(=O)c4coc5ccccc5c4=O)CC3)c21. The number of nitrogens with one attached hydrogen (secondary N) is 1. The number of para-hydroxylation sites is 2. The van der Waals surface area contributed by atoms with Crippen molar-refractivity contribution in [2.75, 3.05) is 13.1 Å². The minimum Gasteiger partial charge on any atom is -0.488 e. The minimum atomic E-state index is -0.492. The molecule has 194 valence electrons. The van der Waals surface area contributed by atoms with Crippen molar-refractivity contribution in [1.82, 2.24) is 20.0 Å². The predicted octanol–water partition coefficient (Wildman–Crippen LogP) is 2.88. The molecule has 6 rings (SSSR count). The number of benzene rings is 2. The Hall–Kier alpha value is -4.47. The number of hydrogen-bond donors (Lipinski definition) is 1. The number of rotatable bonds is 4. The first-order chi connectivity index (χ1) is 18.4. The van der Waals surface area contributed by atoms with E-state index in [1.165, 1.54) is 6.26 Å². The van der Waals surface area contributed by atoms with E-state index in [4.69, 9.17) is 9.15 Å². The second-order valence-electron chi connectivity index (χ2n) is 9.75. The van der Waals surface area contributed by atoms with Crippen LogP contribution < -0.4 is 15.5 Å². The van der Waals surface area contributed by atoms with Crippen molar-refractivity contribution in [2.45, 2.75) is 37.7 Å². The van der Waals surface area contributed by atoms with Gasteiger partial charge in [0.1, 0.15) is 34.8 Å². The lowest BCUT2D eigenvalue weighted by Crippen LogP contribution is -2.43. The fourth-order valence-corrected chi connectivity index (χ4v) is 5.39. The van der Waals surface area contributed by atoms with Crippen molar-refractivity contribution >= 4 is 39.6 Å². The van der Waals surface area contributed by atoms with Crippen LogP contribution in [0.5, 0.6) is 5.75 Å². The van der Waals surface area contributed by atoms with Crippen LogP contribution in [0.2, 0.25) is 0 Å². The van der Waals surface area contributed by atoms with E-state index in [9.17, 15) is 19.2 Å². The summed E-state index contributed by atoms with van der Waals surface area (Å²) < 4.78 is 13.6. The molecule has 2 aliphatic heterocycles. The van der Waals surface area contributed by atoms with E-state index in [1.807, 2.05) is 18.2 Å². The number of amides is 3. The Balaban J connectivity index is 1.17. The molecule has 2 aromatic carbocycles. The molecule has 38 heavy (non-hydrogen) atoms. The second kappa shape index (κ2) is 9.44. The number of hydrogen-bond acceptors (Lipinski definition) is 7. The molecule has 4 aromatic rings. The van der Waals surface area contributed by atoms with Gasteiger partial charge in [-0.1, -0.05) is 24.3 Å². The van der Waals surface area contributed by atoms with Crippen LogP contribution in [0.4, 0.5) is 0 Å². The van der Waals surface area contributed by atoms with Gasteiger partial charge in [0.2, 0.25) is 17.2 Å². The van der Waals surface area contributed by atoms with Gasteiger partial charge in [-0.3, -0.25) is 29.2 Å². The standard InChI is InChI=1S/C28H26N4O6/c1-31-25-18(24(30-31)19-9-10-23(33)29-27(19)35)6-4-8-22(25)38-16-11-13-32(14-12-16)28(36)20-15-37-21-7-3-2-5-17(21)26(20)34/h2-8,15-16,19H,9-14H2,1H3,(H,29,33,35). The first kappa shape index (κ1) is 23.9. The van der Waals surface area contributed by atoms with Crippen LogP contribution in [0, 0.1) is 0 Å². The normalized spacial score (nSPS) is 18.7. The van der Waals surface area contributed by atoms with Crippen molar-refractivity contribution in [3.8, 4) is 5.75 Å². The number of ether oxygens (including phenoxy) is 1. The van der Waals surface area contributed by atoms with Crippen molar-refractivity contribution in [3.63, 3.8) is 0 Å². The second-order valence-corrected chi connectivity index (χ2v) is 9.75. The lowest BCUT2D eigenvalue weighted by molar-refractivity contribution is -0.134. The Bertz CT molecular complexity index is 1650. The molecular formula is C28H26N4O6. The number of carbonyl (C=O) groups is 3. The molecule has 10 nitrogen and oxygen atoms in total. The van der Waals surface area contributed by atoms with Gasteiger partial charge in [-0.2, -0.15) is 5.10 Å². The average molecular weight is 515 g/mol. The van der Waals surface area contributed by atoms with Crippen molar-refractivity contribution in [3.05, 3.63) is 70.2 Å². The number of carbonyl (C=O) groups excluding carboxylic acids is 3. The molecule has 1 N–H and O–H groups in total. The smallest absolute Gasteiger partial charge is 0.261 e. The number of imide groups is 1. The molecule has 2 aliphatic rings. The predicted molar refractivity (Wildman–Crippen MR) is 138 cm³/mol. The summed E-state index contributed by atoms with van der Waals surface area (Å²) >= 11 is 0. The van der Waals surface area contributed by atoms with Crippen LogP contribution in [0.1, 0.15) is 47.7 Å². The molecule has 0 bridgehead atoms. The fourth-order valence-electron chi connectivity index (χ4n) is 5.39. The third-order valence-electron chi connectivity index (χ3n) is 7.36. The van der Waals surface area contributed by atoms with Crippen LogP contribution in [0.3, 0.4) is 0 Å². The van der Waals surface area contributed by atoms with E-state index in [-0.39, 0.29) is 41.2 Å². The van der Waals surface area contributed by atoms with E-state index in [1.54, 1.807) is 40.9 Å². The largest absolute Gasteiger partial charge is 0.488 e. The zero-order chi connectivity index (χ0) is 26.4. The molecule has 10 heteroatoms. The highest BCUT2D eigenvalue weighted by Gasteiger charge is 2.33. The number of aromatic nitrogens is 2.